The first-order chi connectivity index (χ1) is 11.7. The number of carbonyl (C=O) groups is 1. The van der Waals surface area contributed by atoms with Crippen LogP contribution >= 0.6 is 11.3 Å². The van der Waals surface area contributed by atoms with E-state index in [0.29, 0.717) is 12.3 Å². The molecule has 4 nitrogen and oxygen atoms in total. The van der Waals surface area contributed by atoms with Crippen LogP contribution in [0.25, 0.3) is 11.3 Å². The van der Waals surface area contributed by atoms with Crippen molar-refractivity contribution < 1.29 is 13.9 Å². The molecule has 0 spiro atoms. The number of benzene rings is 2. The van der Waals surface area contributed by atoms with Crippen LogP contribution in [0.15, 0.2) is 60.0 Å². The lowest BCUT2D eigenvalue weighted by molar-refractivity contribution is -0.123. The molecule has 1 amide bonds. The quantitative estimate of drug-likeness (QED) is 0.744. The third kappa shape index (κ3) is 4.39. The molecule has 0 saturated heterocycles. The van der Waals surface area contributed by atoms with Gasteiger partial charge in [-0.25, -0.2) is 9.37 Å². The van der Waals surface area contributed by atoms with E-state index in [1.807, 2.05) is 35.7 Å². The fraction of sp³-hybridized carbons (Fsp3) is 0.111. The van der Waals surface area contributed by atoms with Crippen LogP contribution in [0.4, 0.5) is 4.39 Å². The average molecular weight is 342 g/mol. The second kappa shape index (κ2) is 7.70. The summed E-state index contributed by atoms with van der Waals surface area (Å²) in [5.41, 5.74) is 1.94. The monoisotopic (exact) mass is 342 g/mol. The zero-order valence-electron chi connectivity index (χ0n) is 12.7. The second-order valence-electron chi connectivity index (χ2n) is 5.01. The number of amides is 1. The molecule has 0 atom stereocenters. The van der Waals surface area contributed by atoms with Gasteiger partial charge >= 0.3 is 0 Å². The summed E-state index contributed by atoms with van der Waals surface area (Å²) in [7, 11) is 0. The number of rotatable bonds is 6. The lowest BCUT2D eigenvalue weighted by Crippen LogP contribution is -2.28. The van der Waals surface area contributed by atoms with Gasteiger partial charge in [0.1, 0.15) is 16.6 Å². The molecular formula is C18H15FN2O2S. The predicted molar refractivity (Wildman–Crippen MR) is 91.3 cm³/mol. The fourth-order valence-corrected chi connectivity index (χ4v) is 2.78. The molecule has 0 fully saturated rings. The van der Waals surface area contributed by atoms with Crippen LogP contribution in [0.5, 0.6) is 5.75 Å². The van der Waals surface area contributed by atoms with Crippen LogP contribution < -0.4 is 10.1 Å². The molecule has 0 aliphatic heterocycles. The zero-order chi connectivity index (χ0) is 16.8. The number of aromatic nitrogens is 1. The highest BCUT2D eigenvalue weighted by Gasteiger charge is 2.07. The minimum Gasteiger partial charge on any atom is -0.484 e. The van der Waals surface area contributed by atoms with Gasteiger partial charge in [-0.2, -0.15) is 0 Å². The molecule has 0 bridgehead atoms. The first-order valence-corrected chi connectivity index (χ1v) is 8.23. The minimum atomic E-state index is -0.343. The van der Waals surface area contributed by atoms with Crippen molar-refractivity contribution >= 4 is 17.2 Å². The first-order valence-electron chi connectivity index (χ1n) is 7.35. The SMILES string of the molecule is O=C(COc1ccc(F)cc1)NCc1nc(-c2ccccc2)cs1. The van der Waals surface area contributed by atoms with Crippen molar-refractivity contribution in [1.82, 2.24) is 10.3 Å². The van der Waals surface area contributed by atoms with E-state index in [1.165, 1.54) is 35.6 Å². The maximum absolute atomic E-state index is 12.8. The Hall–Kier alpha value is -2.73. The van der Waals surface area contributed by atoms with Crippen LogP contribution in [0, 0.1) is 5.82 Å². The maximum Gasteiger partial charge on any atom is 0.258 e. The summed E-state index contributed by atoms with van der Waals surface area (Å²) in [5.74, 6) is -0.146. The molecule has 2 aromatic carbocycles. The highest BCUT2D eigenvalue weighted by atomic mass is 32.1. The molecule has 3 rings (SSSR count). The lowest BCUT2D eigenvalue weighted by atomic mass is 10.2. The summed E-state index contributed by atoms with van der Waals surface area (Å²) in [4.78, 5) is 16.3. The standard InChI is InChI=1S/C18H15FN2O2S/c19-14-6-8-15(9-7-14)23-11-17(22)20-10-18-21-16(12-24-18)13-4-2-1-3-5-13/h1-9,12H,10-11H2,(H,20,22). The number of nitrogens with zero attached hydrogens (tertiary/aromatic N) is 1. The molecule has 0 aliphatic rings. The molecule has 0 unspecified atom stereocenters. The van der Waals surface area contributed by atoms with E-state index in [1.54, 1.807) is 0 Å². The second-order valence-corrected chi connectivity index (χ2v) is 5.95. The van der Waals surface area contributed by atoms with E-state index in [-0.39, 0.29) is 18.3 Å². The van der Waals surface area contributed by atoms with Gasteiger partial charge in [-0.3, -0.25) is 4.79 Å². The number of thiazole rings is 1. The molecule has 1 N–H and O–H groups in total. The number of nitrogens with one attached hydrogen (secondary N) is 1. The molecule has 24 heavy (non-hydrogen) atoms. The molecule has 1 heterocycles. The average Bonchev–Trinajstić information content (AvgIpc) is 3.09. The Morgan fingerprint density at radius 2 is 1.88 bits per heavy atom. The van der Waals surface area contributed by atoms with Gasteiger partial charge in [0.15, 0.2) is 6.61 Å². The van der Waals surface area contributed by atoms with Gasteiger partial charge in [0.25, 0.3) is 5.91 Å². The van der Waals surface area contributed by atoms with Gasteiger partial charge < -0.3 is 10.1 Å². The number of hydrogen-bond donors (Lipinski definition) is 1. The largest absolute Gasteiger partial charge is 0.484 e. The maximum atomic E-state index is 12.8. The van der Waals surface area contributed by atoms with E-state index in [2.05, 4.69) is 10.3 Å². The van der Waals surface area contributed by atoms with Gasteiger partial charge in [-0.1, -0.05) is 30.3 Å². The van der Waals surface area contributed by atoms with Crippen molar-refractivity contribution in [1.29, 1.82) is 0 Å². The highest BCUT2D eigenvalue weighted by Crippen LogP contribution is 2.21. The smallest absolute Gasteiger partial charge is 0.258 e. The van der Waals surface area contributed by atoms with Crippen molar-refractivity contribution in [3.8, 4) is 17.0 Å². The van der Waals surface area contributed by atoms with Crippen molar-refractivity contribution in [2.24, 2.45) is 0 Å². The zero-order valence-corrected chi connectivity index (χ0v) is 13.6. The minimum absolute atomic E-state index is 0.122. The van der Waals surface area contributed by atoms with Crippen molar-refractivity contribution in [3.05, 3.63) is 70.8 Å². The van der Waals surface area contributed by atoms with Gasteiger partial charge in [-0.05, 0) is 24.3 Å². The van der Waals surface area contributed by atoms with E-state index >= 15 is 0 Å². The summed E-state index contributed by atoms with van der Waals surface area (Å²) in [5, 5.41) is 5.54. The highest BCUT2D eigenvalue weighted by molar-refractivity contribution is 7.09. The Kier molecular flexibility index (Phi) is 5.18. The van der Waals surface area contributed by atoms with Gasteiger partial charge in [0.05, 0.1) is 12.2 Å². The first kappa shape index (κ1) is 16.1. The van der Waals surface area contributed by atoms with E-state index in [9.17, 15) is 9.18 Å². The van der Waals surface area contributed by atoms with Crippen LogP contribution in [0.1, 0.15) is 5.01 Å². The summed E-state index contributed by atoms with van der Waals surface area (Å²) in [6.45, 7) is 0.228. The third-order valence-electron chi connectivity index (χ3n) is 3.24. The summed E-state index contributed by atoms with van der Waals surface area (Å²) < 4.78 is 18.1. The van der Waals surface area contributed by atoms with Crippen molar-refractivity contribution in [3.63, 3.8) is 0 Å². The Morgan fingerprint density at radius 3 is 2.62 bits per heavy atom. The van der Waals surface area contributed by atoms with Crippen LogP contribution in [0.2, 0.25) is 0 Å². The molecular weight excluding hydrogens is 327 g/mol. The number of hydrogen-bond acceptors (Lipinski definition) is 4. The van der Waals surface area contributed by atoms with Gasteiger partial charge in [0.2, 0.25) is 0 Å². The Labute approximate surface area is 142 Å². The van der Waals surface area contributed by atoms with E-state index in [0.717, 1.165) is 16.3 Å². The summed E-state index contributed by atoms with van der Waals surface area (Å²) in [6, 6.07) is 15.4. The van der Waals surface area contributed by atoms with E-state index in [4.69, 9.17) is 4.74 Å². The van der Waals surface area contributed by atoms with Crippen LogP contribution in [-0.4, -0.2) is 17.5 Å². The predicted octanol–water partition coefficient (Wildman–Crippen LogP) is 3.64. The number of carbonyl (C=O) groups excluding carboxylic acids is 1. The molecule has 0 radical (unpaired) electrons. The Bertz CT molecular complexity index is 803. The fourth-order valence-electron chi connectivity index (χ4n) is 2.04. The summed E-state index contributed by atoms with van der Waals surface area (Å²) >= 11 is 1.49. The molecule has 3 aromatic rings. The molecule has 6 heteroatoms. The summed E-state index contributed by atoms with van der Waals surface area (Å²) in [6.07, 6.45) is 0. The Balaban J connectivity index is 1.48. The van der Waals surface area contributed by atoms with Gasteiger partial charge in [-0.15, -0.1) is 11.3 Å². The van der Waals surface area contributed by atoms with Crippen molar-refractivity contribution in [2.45, 2.75) is 6.54 Å². The topological polar surface area (TPSA) is 51.2 Å². The lowest BCUT2D eigenvalue weighted by Gasteiger charge is -2.06. The normalized spacial score (nSPS) is 10.4. The molecule has 1 aromatic heterocycles. The number of ether oxygens (including phenoxy) is 1. The Morgan fingerprint density at radius 1 is 1.12 bits per heavy atom. The van der Waals surface area contributed by atoms with Gasteiger partial charge in [0, 0.05) is 10.9 Å². The molecule has 122 valence electrons. The molecule has 0 aliphatic carbocycles. The number of halogens is 1. The van der Waals surface area contributed by atoms with E-state index < -0.39 is 0 Å². The van der Waals surface area contributed by atoms with Crippen molar-refractivity contribution in [2.75, 3.05) is 6.61 Å². The van der Waals surface area contributed by atoms with Crippen LogP contribution in [0.3, 0.4) is 0 Å². The molecule has 0 saturated carbocycles. The third-order valence-corrected chi connectivity index (χ3v) is 4.09. The van der Waals surface area contributed by atoms with Crippen LogP contribution in [-0.2, 0) is 11.3 Å².